The number of anilines is 1. The highest BCUT2D eigenvalue weighted by molar-refractivity contribution is 6.11. The Balaban J connectivity index is 1.74. The van der Waals surface area contributed by atoms with E-state index in [1.54, 1.807) is 49.4 Å². The Labute approximate surface area is 161 Å². The number of hydrogen-bond donors (Lipinski definition) is 1. The van der Waals surface area contributed by atoms with Crippen molar-refractivity contribution < 1.29 is 9.21 Å². The van der Waals surface area contributed by atoms with Crippen LogP contribution in [-0.2, 0) is 6.54 Å². The Bertz CT molecular complexity index is 1240. The van der Waals surface area contributed by atoms with E-state index in [1.807, 2.05) is 6.92 Å². The molecular weight excluding hydrogens is 356 g/mol. The molecule has 0 saturated carbocycles. The lowest BCUT2D eigenvalue weighted by Gasteiger charge is -2.11. The van der Waals surface area contributed by atoms with Crippen LogP contribution in [0, 0.1) is 6.92 Å². The van der Waals surface area contributed by atoms with Gasteiger partial charge in [0.1, 0.15) is 5.52 Å². The summed E-state index contributed by atoms with van der Waals surface area (Å²) < 4.78 is 6.84. The Morgan fingerprint density at radius 1 is 1.18 bits per heavy atom. The van der Waals surface area contributed by atoms with Crippen LogP contribution < -0.4 is 10.9 Å². The van der Waals surface area contributed by atoms with Crippen LogP contribution in [0.1, 0.15) is 36.1 Å². The number of oxazole rings is 1. The first kappa shape index (κ1) is 17.9. The fraction of sp³-hybridized carbons (Fsp3) is 0.238. The highest BCUT2D eigenvalue weighted by Gasteiger charge is 2.17. The number of hydrogen-bond acceptors (Lipinski definition) is 5. The Hall–Kier alpha value is -3.48. The molecule has 0 bridgehead atoms. The van der Waals surface area contributed by atoms with E-state index in [9.17, 15) is 9.59 Å². The van der Waals surface area contributed by atoms with Gasteiger partial charge in [-0.2, -0.15) is 5.10 Å². The van der Waals surface area contributed by atoms with E-state index in [0.29, 0.717) is 40.0 Å². The first-order valence-electron chi connectivity index (χ1n) is 9.25. The maximum absolute atomic E-state index is 13.0. The molecule has 142 valence electrons. The average Bonchev–Trinajstić information content (AvgIpc) is 3.07. The molecule has 0 atom stereocenters. The van der Waals surface area contributed by atoms with Gasteiger partial charge in [-0.3, -0.25) is 9.59 Å². The SMILES string of the molecule is CCCCn1nc(C(=O)Nc2ccc3oc(C)nc3c2)c2ccccc2c1=O. The molecular formula is C21H20N4O3. The van der Waals surface area contributed by atoms with Crippen LogP contribution in [0.4, 0.5) is 5.69 Å². The molecule has 0 fully saturated rings. The van der Waals surface area contributed by atoms with E-state index in [0.717, 1.165) is 12.8 Å². The second kappa shape index (κ2) is 7.26. The molecule has 7 nitrogen and oxygen atoms in total. The first-order chi connectivity index (χ1) is 13.6. The molecule has 0 aliphatic carbocycles. The van der Waals surface area contributed by atoms with Crippen molar-refractivity contribution in [3.05, 3.63) is 64.4 Å². The number of unbranched alkanes of at least 4 members (excludes halogenated alkanes) is 1. The van der Waals surface area contributed by atoms with Crippen LogP contribution in [0.5, 0.6) is 0 Å². The lowest BCUT2D eigenvalue weighted by Crippen LogP contribution is -2.27. The predicted octanol–water partition coefficient (Wildman–Crippen LogP) is 3.90. The molecule has 1 amide bonds. The number of fused-ring (bicyclic) bond motifs is 2. The zero-order valence-electron chi connectivity index (χ0n) is 15.7. The molecule has 0 spiro atoms. The van der Waals surface area contributed by atoms with Gasteiger partial charge in [0.05, 0.1) is 5.39 Å². The summed E-state index contributed by atoms with van der Waals surface area (Å²) in [4.78, 5) is 29.9. The van der Waals surface area contributed by atoms with Gasteiger partial charge in [-0.15, -0.1) is 0 Å². The van der Waals surface area contributed by atoms with Crippen LogP contribution >= 0.6 is 0 Å². The van der Waals surface area contributed by atoms with E-state index in [4.69, 9.17) is 4.42 Å². The molecule has 0 saturated heterocycles. The Morgan fingerprint density at radius 2 is 1.96 bits per heavy atom. The lowest BCUT2D eigenvalue weighted by atomic mass is 10.1. The quantitative estimate of drug-likeness (QED) is 0.570. The van der Waals surface area contributed by atoms with E-state index in [2.05, 4.69) is 15.4 Å². The fourth-order valence-electron chi connectivity index (χ4n) is 3.17. The molecule has 2 heterocycles. The minimum Gasteiger partial charge on any atom is -0.441 e. The normalized spacial score (nSPS) is 11.2. The lowest BCUT2D eigenvalue weighted by molar-refractivity contribution is 0.102. The zero-order valence-corrected chi connectivity index (χ0v) is 15.7. The van der Waals surface area contributed by atoms with Gasteiger partial charge in [-0.1, -0.05) is 31.5 Å². The Kier molecular flexibility index (Phi) is 4.65. The van der Waals surface area contributed by atoms with E-state index >= 15 is 0 Å². The highest BCUT2D eigenvalue weighted by Crippen LogP contribution is 2.21. The number of carbonyl (C=O) groups excluding carboxylic acids is 1. The number of nitrogens with one attached hydrogen (secondary N) is 1. The van der Waals surface area contributed by atoms with Gasteiger partial charge in [0.25, 0.3) is 11.5 Å². The van der Waals surface area contributed by atoms with Crippen molar-refractivity contribution in [3.8, 4) is 0 Å². The number of rotatable bonds is 5. The van der Waals surface area contributed by atoms with Crippen LogP contribution in [0.15, 0.2) is 51.7 Å². The largest absolute Gasteiger partial charge is 0.441 e. The summed E-state index contributed by atoms with van der Waals surface area (Å²) in [6, 6.07) is 12.3. The molecule has 7 heteroatoms. The van der Waals surface area contributed by atoms with Crippen molar-refractivity contribution in [2.45, 2.75) is 33.2 Å². The monoisotopic (exact) mass is 376 g/mol. The van der Waals surface area contributed by atoms with Gasteiger partial charge in [0, 0.05) is 24.5 Å². The smallest absolute Gasteiger partial charge is 0.276 e. The van der Waals surface area contributed by atoms with Crippen LogP contribution in [-0.4, -0.2) is 20.7 Å². The standard InChI is InChI=1S/C21H20N4O3/c1-3-4-11-25-21(27)16-8-6-5-7-15(16)19(24-25)20(26)23-14-9-10-18-17(12-14)22-13(2)28-18/h5-10,12H,3-4,11H2,1-2H3,(H,23,26). The minimum atomic E-state index is -0.374. The molecule has 4 rings (SSSR count). The first-order valence-corrected chi connectivity index (χ1v) is 9.25. The summed E-state index contributed by atoms with van der Waals surface area (Å²) in [7, 11) is 0. The van der Waals surface area contributed by atoms with Gasteiger partial charge < -0.3 is 9.73 Å². The zero-order chi connectivity index (χ0) is 19.7. The third-order valence-electron chi connectivity index (χ3n) is 4.56. The number of benzene rings is 2. The fourth-order valence-corrected chi connectivity index (χ4v) is 3.17. The third-order valence-corrected chi connectivity index (χ3v) is 4.56. The number of nitrogens with zero attached hydrogens (tertiary/aromatic N) is 3. The Morgan fingerprint density at radius 3 is 2.75 bits per heavy atom. The van der Waals surface area contributed by atoms with Gasteiger partial charge >= 0.3 is 0 Å². The summed E-state index contributed by atoms with van der Waals surface area (Å²) >= 11 is 0. The predicted molar refractivity (Wildman–Crippen MR) is 108 cm³/mol. The summed E-state index contributed by atoms with van der Waals surface area (Å²) in [5, 5.41) is 8.24. The highest BCUT2D eigenvalue weighted by atomic mass is 16.3. The van der Waals surface area contributed by atoms with Gasteiger partial charge in [0.15, 0.2) is 17.2 Å². The van der Waals surface area contributed by atoms with Gasteiger partial charge in [-0.05, 0) is 30.7 Å². The maximum atomic E-state index is 13.0. The van der Waals surface area contributed by atoms with Gasteiger partial charge in [-0.25, -0.2) is 9.67 Å². The van der Waals surface area contributed by atoms with Crippen molar-refractivity contribution in [1.29, 1.82) is 0 Å². The van der Waals surface area contributed by atoms with Crippen LogP contribution in [0.25, 0.3) is 21.9 Å². The van der Waals surface area contributed by atoms with E-state index < -0.39 is 0 Å². The molecule has 28 heavy (non-hydrogen) atoms. The summed E-state index contributed by atoms with van der Waals surface area (Å²) in [6.45, 7) is 4.29. The summed E-state index contributed by atoms with van der Waals surface area (Å²) in [5.41, 5.74) is 1.96. The number of aromatic nitrogens is 3. The van der Waals surface area contributed by atoms with E-state index in [-0.39, 0.29) is 17.2 Å². The minimum absolute atomic E-state index is 0.180. The summed E-state index contributed by atoms with van der Waals surface area (Å²) in [5.74, 6) is 0.190. The number of aryl methyl sites for hydroxylation is 2. The number of carbonyl (C=O) groups is 1. The third kappa shape index (κ3) is 3.26. The molecule has 0 radical (unpaired) electrons. The second-order valence-electron chi connectivity index (χ2n) is 6.65. The van der Waals surface area contributed by atoms with Crippen molar-refractivity contribution >= 4 is 33.5 Å². The molecule has 2 aromatic carbocycles. The van der Waals surface area contributed by atoms with Crippen molar-refractivity contribution in [1.82, 2.24) is 14.8 Å². The van der Waals surface area contributed by atoms with E-state index in [1.165, 1.54) is 4.68 Å². The van der Waals surface area contributed by atoms with Crippen molar-refractivity contribution in [3.63, 3.8) is 0 Å². The molecule has 4 aromatic rings. The second-order valence-corrected chi connectivity index (χ2v) is 6.65. The maximum Gasteiger partial charge on any atom is 0.276 e. The average molecular weight is 376 g/mol. The van der Waals surface area contributed by atoms with Gasteiger partial charge in [0.2, 0.25) is 0 Å². The van der Waals surface area contributed by atoms with Crippen LogP contribution in [0.3, 0.4) is 0 Å². The molecule has 0 aliphatic heterocycles. The molecule has 0 aliphatic rings. The summed E-state index contributed by atoms with van der Waals surface area (Å²) in [6.07, 6.45) is 1.74. The van der Waals surface area contributed by atoms with Crippen molar-refractivity contribution in [2.75, 3.05) is 5.32 Å². The topological polar surface area (TPSA) is 90.0 Å². The molecule has 2 aromatic heterocycles. The number of amides is 1. The molecule has 1 N–H and O–H groups in total. The molecule has 0 unspecified atom stereocenters. The van der Waals surface area contributed by atoms with Crippen LogP contribution in [0.2, 0.25) is 0 Å². The van der Waals surface area contributed by atoms with Crippen molar-refractivity contribution in [2.24, 2.45) is 0 Å².